The standard InChI is InChI=1S/C24H26FN3O3/c1-2-20(23(29)30)28-21-10-8-16(25)12-18(21)19-13-17(9-11-22(19)28)27-24(31)26-14-15-6-4-3-5-7-15/h3-8,10,12,17,20H,2,9,11,13-14H2,1H3,(H,29,30)(H2,26,27,31). The van der Waals surface area contributed by atoms with Gasteiger partial charge in [0.1, 0.15) is 11.9 Å². The molecule has 31 heavy (non-hydrogen) atoms. The Balaban J connectivity index is 1.56. The summed E-state index contributed by atoms with van der Waals surface area (Å²) in [5.74, 6) is -1.25. The van der Waals surface area contributed by atoms with Crippen molar-refractivity contribution < 1.29 is 19.1 Å². The topological polar surface area (TPSA) is 83.4 Å². The van der Waals surface area contributed by atoms with E-state index in [4.69, 9.17) is 0 Å². The number of carboxylic acids is 1. The first kappa shape index (κ1) is 20.9. The van der Waals surface area contributed by atoms with Gasteiger partial charge in [-0.05, 0) is 55.0 Å². The fourth-order valence-corrected chi connectivity index (χ4v) is 4.53. The molecule has 162 valence electrons. The number of nitrogens with one attached hydrogen (secondary N) is 2. The molecule has 2 unspecified atom stereocenters. The molecule has 2 atom stereocenters. The molecule has 0 aliphatic heterocycles. The first-order valence-electron chi connectivity index (χ1n) is 10.6. The van der Waals surface area contributed by atoms with Gasteiger partial charge in [-0.25, -0.2) is 14.0 Å². The van der Waals surface area contributed by atoms with E-state index in [0.29, 0.717) is 32.2 Å². The van der Waals surface area contributed by atoms with Crippen LogP contribution in [0.5, 0.6) is 0 Å². The largest absolute Gasteiger partial charge is 0.480 e. The predicted molar refractivity (Wildman–Crippen MR) is 116 cm³/mol. The van der Waals surface area contributed by atoms with E-state index < -0.39 is 12.0 Å². The fraction of sp³-hybridized carbons (Fsp3) is 0.333. The average molecular weight is 423 g/mol. The van der Waals surface area contributed by atoms with Crippen molar-refractivity contribution >= 4 is 22.9 Å². The Bertz CT molecular complexity index is 1110. The number of carbonyl (C=O) groups is 2. The van der Waals surface area contributed by atoms with Gasteiger partial charge in [0, 0.05) is 29.2 Å². The van der Waals surface area contributed by atoms with E-state index in [2.05, 4.69) is 10.6 Å². The van der Waals surface area contributed by atoms with Crippen LogP contribution in [-0.2, 0) is 24.2 Å². The van der Waals surface area contributed by atoms with E-state index in [1.165, 1.54) is 12.1 Å². The molecule has 3 N–H and O–H groups in total. The number of amides is 2. The van der Waals surface area contributed by atoms with Crippen LogP contribution in [0.4, 0.5) is 9.18 Å². The second kappa shape index (κ2) is 8.79. The summed E-state index contributed by atoms with van der Waals surface area (Å²) in [6, 6.07) is 13.1. The van der Waals surface area contributed by atoms with E-state index in [1.807, 2.05) is 41.8 Å². The van der Waals surface area contributed by atoms with Crippen LogP contribution in [0.1, 0.15) is 42.6 Å². The smallest absolute Gasteiger partial charge is 0.326 e. The quantitative estimate of drug-likeness (QED) is 0.556. The van der Waals surface area contributed by atoms with Gasteiger partial charge in [0.2, 0.25) is 0 Å². The molecule has 1 aromatic heterocycles. The first-order valence-corrected chi connectivity index (χ1v) is 10.6. The Morgan fingerprint density at radius 3 is 2.71 bits per heavy atom. The van der Waals surface area contributed by atoms with Crippen molar-refractivity contribution in [1.82, 2.24) is 15.2 Å². The van der Waals surface area contributed by atoms with Gasteiger partial charge < -0.3 is 20.3 Å². The highest BCUT2D eigenvalue weighted by Crippen LogP contribution is 2.36. The molecule has 0 fully saturated rings. The Morgan fingerprint density at radius 1 is 1.23 bits per heavy atom. The van der Waals surface area contributed by atoms with E-state index >= 15 is 0 Å². The molecule has 1 heterocycles. The third-order valence-corrected chi connectivity index (χ3v) is 5.98. The summed E-state index contributed by atoms with van der Waals surface area (Å²) in [6.07, 6.45) is 2.29. The van der Waals surface area contributed by atoms with Crippen molar-refractivity contribution in [3.63, 3.8) is 0 Å². The molecule has 6 nitrogen and oxygen atoms in total. The maximum Gasteiger partial charge on any atom is 0.326 e. The molecule has 2 amide bonds. The summed E-state index contributed by atoms with van der Waals surface area (Å²) in [5.41, 5.74) is 3.60. The van der Waals surface area contributed by atoms with Gasteiger partial charge in [0.15, 0.2) is 0 Å². The van der Waals surface area contributed by atoms with Gasteiger partial charge in [-0.15, -0.1) is 0 Å². The summed E-state index contributed by atoms with van der Waals surface area (Å²) < 4.78 is 15.9. The molecule has 0 spiro atoms. The van der Waals surface area contributed by atoms with E-state index in [-0.39, 0.29) is 17.9 Å². The summed E-state index contributed by atoms with van der Waals surface area (Å²) in [5, 5.41) is 16.3. The number of carbonyl (C=O) groups excluding carboxylic acids is 1. The van der Waals surface area contributed by atoms with Crippen LogP contribution >= 0.6 is 0 Å². The van der Waals surface area contributed by atoms with Crippen molar-refractivity contribution in [2.24, 2.45) is 0 Å². The minimum atomic E-state index is -0.896. The van der Waals surface area contributed by atoms with Gasteiger partial charge in [-0.2, -0.15) is 0 Å². The van der Waals surface area contributed by atoms with Crippen molar-refractivity contribution in [2.75, 3.05) is 0 Å². The SMILES string of the molecule is CCC(C(=O)O)n1c2c(c3cc(F)ccc31)CC(NC(=O)NCc1ccccc1)CC2. The predicted octanol–water partition coefficient (Wildman–Crippen LogP) is 4.17. The van der Waals surface area contributed by atoms with Crippen LogP contribution in [0.3, 0.4) is 0 Å². The normalized spacial score (nSPS) is 16.5. The van der Waals surface area contributed by atoms with Gasteiger partial charge in [0.25, 0.3) is 0 Å². The van der Waals surface area contributed by atoms with Crippen LogP contribution in [-0.4, -0.2) is 27.7 Å². The number of aliphatic carboxylic acids is 1. The lowest BCUT2D eigenvalue weighted by atomic mass is 9.91. The Labute approximate surface area is 180 Å². The lowest BCUT2D eigenvalue weighted by molar-refractivity contribution is -0.140. The second-order valence-electron chi connectivity index (χ2n) is 7.97. The van der Waals surface area contributed by atoms with Crippen LogP contribution in [0, 0.1) is 5.82 Å². The Kier molecular flexibility index (Phi) is 5.93. The fourth-order valence-electron chi connectivity index (χ4n) is 4.53. The number of aromatic nitrogens is 1. The molecule has 7 heteroatoms. The summed E-state index contributed by atoms with van der Waals surface area (Å²) in [4.78, 5) is 24.3. The van der Waals surface area contributed by atoms with Crippen LogP contribution < -0.4 is 10.6 Å². The zero-order chi connectivity index (χ0) is 22.0. The number of hydrogen-bond acceptors (Lipinski definition) is 2. The van der Waals surface area contributed by atoms with Crippen molar-refractivity contribution in [3.8, 4) is 0 Å². The summed E-state index contributed by atoms with van der Waals surface area (Å²) in [6.45, 7) is 2.27. The number of urea groups is 1. The molecule has 2 aromatic carbocycles. The molecule has 1 aliphatic rings. The van der Waals surface area contributed by atoms with Gasteiger partial charge >= 0.3 is 12.0 Å². The molecule has 4 rings (SSSR count). The molecular formula is C24H26FN3O3. The van der Waals surface area contributed by atoms with Gasteiger partial charge in [0.05, 0.1) is 0 Å². The third-order valence-electron chi connectivity index (χ3n) is 5.98. The number of halogens is 1. The highest BCUT2D eigenvalue weighted by atomic mass is 19.1. The average Bonchev–Trinajstić information content (AvgIpc) is 3.06. The zero-order valence-corrected chi connectivity index (χ0v) is 17.4. The van der Waals surface area contributed by atoms with E-state index in [0.717, 1.165) is 27.7 Å². The highest BCUT2D eigenvalue weighted by Gasteiger charge is 2.30. The lowest BCUT2D eigenvalue weighted by Gasteiger charge is -2.26. The maximum atomic E-state index is 14.0. The number of carboxylic acid groups (broad SMARTS) is 1. The van der Waals surface area contributed by atoms with Crippen LogP contribution in [0.15, 0.2) is 48.5 Å². The molecular weight excluding hydrogens is 397 g/mol. The second-order valence-corrected chi connectivity index (χ2v) is 7.97. The van der Waals surface area contributed by atoms with E-state index in [9.17, 15) is 19.1 Å². The third kappa shape index (κ3) is 4.26. The zero-order valence-electron chi connectivity index (χ0n) is 17.4. The minimum absolute atomic E-state index is 0.101. The molecule has 0 saturated carbocycles. The Morgan fingerprint density at radius 2 is 2.00 bits per heavy atom. The monoisotopic (exact) mass is 423 g/mol. The summed E-state index contributed by atoms with van der Waals surface area (Å²) >= 11 is 0. The molecule has 0 saturated heterocycles. The maximum absolute atomic E-state index is 14.0. The first-order chi connectivity index (χ1) is 15.0. The van der Waals surface area contributed by atoms with Crippen LogP contribution in [0.25, 0.3) is 10.9 Å². The molecule has 1 aliphatic carbocycles. The minimum Gasteiger partial charge on any atom is -0.480 e. The highest BCUT2D eigenvalue weighted by molar-refractivity contribution is 5.88. The molecule has 3 aromatic rings. The molecule has 0 bridgehead atoms. The number of nitrogens with zero attached hydrogens (tertiary/aromatic N) is 1. The number of rotatable bonds is 6. The van der Waals surface area contributed by atoms with Crippen molar-refractivity contribution in [2.45, 2.75) is 51.2 Å². The van der Waals surface area contributed by atoms with Gasteiger partial charge in [-0.3, -0.25) is 0 Å². The van der Waals surface area contributed by atoms with Crippen LogP contribution in [0.2, 0.25) is 0 Å². The Hall–Kier alpha value is -3.35. The molecule has 0 radical (unpaired) electrons. The number of fused-ring (bicyclic) bond motifs is 3. The van der Waals surface area contributed by atoms with Gasteiger partial charge in [-0.1, -0.05) is 37.3 Å². The number of hydrogen-bond donors (Lipinski definition) is 3. The lowest BCUT2D eigenvalue weighted by Crippen LogP contribution is -2.44. The van der Waals surface area contributed by atoms with Crippen molar-refractivity contribution in [3.05, 3.63) is 71.2 Å². The number of benzene rings is 2. The summed E-state index contributed by atoms with van der Waals surface area (Å²) in [7, 11) is 0. The van der Waals surface area contributed by atoms with E-state index in [1.54, 1.807) is 6.07 Å². The van der Waals surface area contributed by atoms with Crippen molar-refractivity contribution in [1.29, 1.82) is 0 Å².